The van der Waals surface area contributed by atoms with Crippen LogP contribution in [0.5, 0.6) is 0 Å². The van der Waals surface area contributed by atoms with Crippen molar-refractivity contribution >= 4 is 23.3 Å². The third-order valence-electron chi connectivity index (χ3n) is 2.00. The average Bonchev–Trinajstić information content (AvgIpc) is 2.05. The second kappa shape index (κ2) is 3.72. The highest BCUT2D eigenvalue weighted by Crippen LogP contribution is 2.18. The van der Waals surface area contributed by atoms with Gasteiger partial charge in [-0.25, -0.2) is 0 Å². The second-order valence-electron chi connectivity index (χ2n) is 2.72. The molecule has 0 radical (unpaired) electrons. The smallest absolute Gasteiger partial charge is 0.224 e. The summed E-state index contributed by atoms with van der Waals surface area (Å²) in [5.41, 5.74) is 0. The van der Waals surface area contributed by atoms with E-state index in [-0.39, 0.29) is 11.2 Å². The van der Waals surface area contributed by atoms with Crippen molar-refractivity contribution < 1.29 is 9.59 Å². The van der Waals surface area contributed by atoms with E-state index in [1.54, 1.807) is 4.90 Å². The van der Waals surface area contributed by atoms with Crippen LogP contribution in [-0.4, -0.2) is 29.6 Å². The summed E-state index contributed by atoms with van der Waals surface area (Å²) >= 11 is 5.30. The van der Waals surface area contributed by atoms with E-state index in [2.05, 4.69) is 0 Å². The lowest BCUT2D eigenvalue weighted by Gasteiger charge is -2.26. The molecule has 1 saturated heterocycles. The summed E-state index contributed by atoms with van der Waals surface area (Å²) in [4.78, 5) is 22.6. The summed E-state index contributed by atoms with van der Waals surface area (Å²) in [7, 11) is 0. The number of hydrogen-bond donors (Lipinski definition) is 0. The van der Waals surface area contributed by atoms with Crippen LogP contribution in [0.1, 0.15) is 12.8 Å². The molecule has 1 heterocycles. The molecule has 4 heteroatoms. The number of likely N-dealkylation sites (tertiary alicyclic amines) is 1. The van der Waals surface area contributed by atoms with Gasteiger partial charge in [-0.1, -0.05) is 0 Å². The molecule has 1 aliphatic rings. The van der Waals surface area contributed by atoms with E-state index < -0.39 is 0 Å². The Bertz CT molecular complexity index is 164. The van der Waals surface area contributed by atoms with Crippen LogP contribution in [0.15, 0.2) is 0 Å². The SMILES string of the molecule is O=CN1CCC(C(=O)Cl)CC1. The van der Waals surface area contributed by atoms with E-state index in [9.17, 15) is 9.59 Å². The Labute approximate surface area is 70.3 Å². The molecule has 1 amide bonds. The summed E-state index contributed by atoms with van der Waals surface area (Å²) in [6.07, 6.45) is 2.23. The first-order chi connectivity index (χ1) is 5.24. The molecule has 0 atom stereocenters. The highest BCUT2D eigenvalue weighted by molar-refractivity contribution is 6.63. The minimum Gasteiger partial charge on any atom is -0.345 e. The van der Waals surface area contributed by atoms with Crippen LogP contribution in [0.25, 0.3) is 0 Å². The summed E-state index contributed by atoms with van der Waals surface area (Å²) in [5, 5.41) is -0.268. The second-order valence-corrected chi connectivity index (χ2v) is 3.09. The van der Waals surface area contributed by atoms with E-state index in [1.165, 1.54) is 0 Å². The molecule has 0 aliphatic carbocycles. The van der Waals surface area contributed by atoms with Gasteiger partial charge in [-0.3, -0.25) is 9.59 Å². The van der Waals surface area contributed by atoms with E-state index in [1.807, 2.05) is 0 Å². The van der Waals surface area contributed by atoms with Crippen molar-refractivity contribution in [2.24, 2.45) is 5.92 Å². The zero-order valence-corrected chi connectivity index (χ0v) is 6.88. The monoisotopic (exact) mass is 175 g/mol. The van der Waals surface area contributed by atoms with Gasteiger partial charge in [-0.05, 0) is 24.4 Å². The minimum absolute atomic E-state index is 0.0344. The van der Waals surface area contributed by atoms with Crippen LogP contribution in [0.3, 0.4) is 0 Å². The fourth-order valence-electron chi connectivity index (χ4n) is 1.23. The molecule has 62 valence electrons. The van der Waals surface area contributed by atoms with Gasteiger partial charge in [-0.15, -0.1) is 0 Å². The first-order valence-electron chi connectivity index (χ1n) is 3.62. The Kier molecular flexibility index (Phi) is 2.88. The summed E-state index contributed by atoms with van der Waals surface area (Å²) in [5.74, 6) is -0.0344. The van der Waals surface area contributed by atoms with E-state index in [0.29, 0.717) is 25.9 Å². The highest BCUT2D eigenvalue weighted by Gasteiger charge is 2.22. The number of amides is 1. The predicted molar refractivity (Wildman–Crippen MR) is 41.2 cm³/mol. The van der Waals surface area contributed by atoms with Crippen molar-refractivity contribution in [2.75, 3.05) is 13.1 Å². The maximum atomic E-state index is 10.7. The highest BCUT2D eigenvalue weighted by atomic mass is 35.5. The van der Waals surface area contributed by atoms with Gasteiger partial charge in [0.1, 0.15) is 0 Å². The Hall–Kier alpha value is -0.570. The fraction of sp³-hybridized carbons (Fsp3) is 0.714. The molecule has 0 aromatic heterocycles. The van der Waals surface area contributed by atoms with Gasteiger partial charge in [0.15, 0.2) is 0 Å². The molecule has 0 aromatic rings. The fourth-order valence-corrected chi connectivity index (χ4v) is 1.45. The van der Waals surface area contributed by atoms with Gasteiger partial charge in [0.2, 0.25) is 11.7 Å². The lowest BCUT2D eigenvalue weighted by atomic mass is 9.99. The zero-order chi connectivity index (χ0) is 8.27. The van der Waals surface area contributed by atoms with Gasteiger partial charge in [0, 0.05) is 19.0 Å². The van der Waals surface area contributed by atoms with Crippen molar-refractivity contribution in [1.82, 2.24) is 4.90 Å². The van der Waals surface area contributed by atoms with Crippen molar-refractivity contribution in [3.8, 4) is 0 Å². The summed E-state index contributed by atoms with van der Waals surface area (Å²) in [6, 6.07) is 0. The van der Waals surface area contributed by atoms with Crippen LogP contribution >= 0.6 is 11.6 Å². The molecule has 0 unspecified atom stereocenters. The molecule has 0 N–H and O–H groups in total. The number of halogens is 1. The maximum absolute atomic E-state index is 10.7. The van der Waals surface area contributed by atoms with Crippen molar-refractivity contribution in [3.63, 3.8) is 0 Å². The summed E-state index contributed by atoms with van der Waals surface area (Å²) < 4.78 is 0. The number of carbonyl (C=O) groups excluding carboxylic acids is 2. The molecule has 1 rings (SSSR count). The van der Waals surface area contributed by atoms with E-state index in [0.717, 1.165) is 6.41 Å². The lowest BCUT2D eigenvalue weighted by molar-refractivity contribution is -0.122. The molecular weight excluding hydrogens is 166 g/mol. The lowest BCUT2D eigenvalue weighted by Crippen LogP contribution is -2.34. The molecule has 0 aromatic carbocycles. The number of nitrogens with zero attached hydrogens (tertiary/aromatic N) is 1. The Morgan fingerprint density at radius 2 is 2.00 bits per heavy atom. The molecule has 0 saturated carbocycles. The largest absolute Gasteiger partial charge is 0.345 e. The molecular formula is C7H10ClNO2. The van der Waals surface area contributed by atoms with Gasteiger partial charge in [0.05, 0.1) is 0 Å². The number of rotatable bonds is 2. The van der Waals surface area contributed by atoms with E-state index in [4.69, 9.17) is 11.6 Å². The normalized spacial score (nSPS) is 19.9. The van der Waals surface area contributed by atoms with Gasteiger partial charge < -0.3 is 4.90 Å². The van der Waals surface area contributed by atoms with Crippen LogP contribution < -0.4 is 0 Å². The minimum atomic E-state index is -0.268. The summed E-state index contributed by atoms with van der Waals surface area (Å²) in [6.45, 7) is 1.32. The third-order valence-corrected chi connectivity index (χ3v) is 2.31. The third kappa shape index (κ3) is 2.19. The maximum Gasteiger partial charge on any atom is 0.224 e. The first kappa shape index (κ1) is 8.53. The predicted octanol–water partition coefficient (Wildman–Crippen LogP) is 0.620. The molecule has 3 nitrogen and oxygen atoms in total. The van der Waals surface area contributed by atoms with Crippen molar-refractivity contribution in [1.29, 1.82) is 0 Å². The Morgan fingerprint density at radius 3 is 2.36 bits per heavy atom. The number of carbonyl (C=O) groups is 2. The van der Waals surface area contributed by atoms with Gasteiger partial charge >= 0.3 is 0 Å². The zero-order valence-electron chi connectivity index (χ0n) is 6.12. The van der Waals surface area contributed by atoms with Gasteiger partial charge in [-0.2, -0.15) is 0 Å². The molecule has 11 heavy (non-hydrogen) atoms. The first-order valence-corrected chi connectivity index (χ1v) is 4.00. The Morgan fingerprint density at radius 1 is 1.45 bits per heavy atom. The molecule has 1 aliphatic heterocycles. The van der Waals surface area contributed by atoms with Crippen LogP contribution in [0.2, 0.25) is 0 Å². The van der Waals surface area contributed by atoms with Crippen LogP contribution in [-0.2, 0) is 9.59 Å². The topological polar surface area (TPSA) is 37.4 Å². The molecule has 1 fully saturated rings. The van der Waals surface area contributed by atoms with Crippen LogP contribution in [0, 0.1) is 5.92 Å². The van der Waals surface area contributed by atoms with Crippen molar-refractivity contribution in [3.05, 3.63) is 0 Å². The van der Waals surface area contributed by atoms with Crippen LogP contribution in [0.4, 0.5) is 0 Å². The number of hydrogen-bond acceptors (Lipinski definition) is 2. The molecule has 0 bridgehead atoms. The van der Waals surface area contributed by atoms with E-state index >= 15 is 0 Å². The standard InChI is InChI=1S/C7H10ClNO2/c8-7(11)6-1-3-9(5-10)4-2-6/h5-6H,1-4H2. The Balaban J connectivity index is 2.35. The van der Waals surface area contributed by atoms with Crippen molar-refractivity contribution in [2.45, 2.75) is 12.8 Å². The molecule has 0 spiro atoms. The average molecular weight is 176 g/mol. The quantitative estimate of drug-likeness (QED) is 0.456. The van der Waals surface area contributed by atoms with Gasteiger partial charge in [0.25, 0.3) is 0 Å². The number of piperidine rings is 1.